The molecule has 5 heteroatoms. The first-order chi connectivity index (χ1) is 8.63. The van der Waals surface area contributed by atoms with Gasteiger partial charge in [-0.15, -0.1) is 0 Å². The maximum atomic E-state index is 9.35. The summed E-state index contributed by atoms with van der Waals surface area (Å²) in [5, 5.41) is 13.3. The maximum Gasteiger partial charge on any atom is 0.138 e. The third-order valence-electron chi connectivity index (χ3n) is 3.63. The van der Waals surface area contributed by atoms with E-state index in [1.165, 1.54) is 6.33 Å². The van der Waals surface area contributed by atoms with Crippen LogP contribution in [0.25, 0.3) is 0 Å². The molecule has 0 radical (unpaired) electrons. The molecule has 2 unspecified atom stereocenters. The molecule has 0 bridgehead atoms. The number of hydrogen-bond donors (Lipinski definition) is 2. The third-order valence-corrected chi connectivity index (χ3v) is 3.93. The van der Waals surface area contributed by atoms with Gasteiger partial charge in [0.2, 0.25) is 0 Å². The lowest BCUT2D eigenvalue weighted by atomic mass is 10.0. The molecule has 1 saturated carbocycles. The fraction of sp³-hybridized carbons (Fsp3) is 0.692. The van der Waals surface area contributed by atoms with Crippen molar-refractivity contribution in [3.8, 4) is 0 Å². The molecule has 0 aromatic carbocycles. The number of aliphatic hydroxyl groups is 1. The summed E-state index contributed by atoms with van der Waals surface area (Å²) in [5.41, 5.74) is 0.961. The quantitative estimate of drug-likeness (QED) is 0.826. The van der Waals surface area contributed by atoms with E-state index in [0.717, 1.165) is 30.6 Å². The van der Waals surface area contributed by atoms with E-state index < -0.39 is 0 Å². The molecule has 0 saturated heterocycles. The standard InChI is InChI=1S/C13H20ClN3O/c1-8(2)11-12(14)15-7-16-13(11)17-10-5-3-4-9(10)6-18/h7-10,18H,3-6H2,1-2H3,(H,15,16,17). The summed E-state index contributed by atoms with van der Waals surface area (Å²) in [6, 6.07) is 0.290. The average Bonchev–Trinajstić information content (AvgIpc) is 2.76. The van der Waals surface area contributed by atoms with Gasteiger partial charge >= 0.3 is 0 Å². The summed E-state index contributed by atoms with van der Waals surface area (Å²) in [7, 11) is 0. The lowest BCUT2D eigenvalue weighted by molar-refractivity contribution is 0.222. The molecule has 0 amide bonds. The molecule has 18 heavy (non-hydrogen) atoms. The molecule has 2 rings (SSSR count). The minimum Gasteiger partial charge on any atom is -0.396 e. The highest BCUT2D eigenvalue weighted by Crippen LogP contribution is 2.32. The van der Waals surface area contributed by atoms with Gasteiger partial charge in [-0.1, -0.05) is 31.9 Å². The fourth-order valence-corrected chi connectivity index (χ4v) is 2.97. The van der Waals surface area contributed by atoms with Gasteiger partial charge in [-0.3, -0.25) is 0 Å². The van der Waals surface area contributed by atoms with E-state index in [1.54, 1.807) is 0 Å². The average molecular weight is 270 g/mol. The van der Waals surface area contributed by atoms with Crippen LogP contribution in [0.15, 0.2) is 6.33 Å². The van der Waals surface area contributed by atoms with Crippen LogP contribution in [0.1, 0.15) is 44.6 Å². The Labute approximate surface area is 113 Å². The second kappa shape index (κ2) is 5.85. The fourth-order valence-electron chi connectivity index (χ4n) is 2.62. The van der Waals surface area contributed by atoms with E-state index in [9.17, 15) is 5.11 Å². The van der Waals surface area contributed by atoms with Gasteiger partial charge in [-0.25, -0.2) is 9.97 Å². The number of aliphatic hydroxyl groups excluding tert-OH is 1. The van der Waals surface area contributed by atoms with Crippen molar-refractivity contribution in [2.75, 3.05) is 11.9 Å². The summed E-state index contributed by atoms with van der Waals surface area (Å²) in [5.74, 6) is 1.41. The van der Waals surface area contributed by atoms with E-state index in [2.05, 4.69) is 29.1 Å². The number of anilines is 1. The molecule has 1 aromatic rings. The molecule has 0 aliphatic heterocycles. The van der Waals surface area contributed by atoms with Gasteiger partial charge in [0.1, 0.15) is 17.3 Å². The van der Waals surface area contributed by atoms with Gasteiger partial charge < -0.3 is 10.4 Å². The van der Waals surface area contributed by atoms with Crippen LogP contribution in [0.2, 0.25) is 5.15 Å². The normalized spacial score (nSPS) is 23.6. The van der Waals surface area contributed by atoms with E-state index in [0.29, 0.717) is 17.1 Å². The monoisotopic (exact) mass is 269 g/mol. The molecule has 1 aliphatic rings. The van der Waals surface area contributed by atoms with Gasteiger partial charge in [0.15, 0.2) is 0 Å². The molecule has 1 fully saturated rings. The summed E-state index contributed by atoms with van der Waals surface area (Å²) in [6.07, 6.45) is 4.78. The second-order valence-electron chi connectivity index (χ2n) is 5.21. The molecular weight excluding hydrogens is 250 g/mol. The Balaban J connectivity index is 2.21. The van der Waals surface area contributed by atoms with Crippen molar-refractivity contribution in [1.82, 2.24) is 9.97 Å². The Bertz CT molecular complexity index is 411. The largest absolute Gasteiger partial charge is 0.396 e. The van der Waals surface area contributed by atoms with Crippen LogP contribution >= 0.6 is 11.6 Å². The number of nitrogens with zero attached hydrogens (tertiary/aromatic N) is 2. The number of hydrogen-bond acceptors (Lipinski definition) is 4. The first-order valence-electron chi connectivity index (χ1n) is 6.51. The topological polar surface area (TPSA) is 58.0 Å². The van der Waals surface area contributed by atoms with Crippen molar-refractivity contribution in [3.63, 3.8) is 0 Å². The Kier molecular flexibility index (Phi) is 4.40. The van der Waals surface area contributed by atoms with E-state index in [1.807, 2.05) is 0 Å². The predicted octanol–water partition coefficient (Wildman–Crippen LogP) is 2.83. The number of nitrogens with one attached hydrogen (secondary N) is 1. The third kappa shape index (κ3) is 2.75. The van der Waals surface area contributed by atoms with Gasteiger partial charge in [-0.2, -0.15) is 0 Å². The van der Waals surface area contributed by atoms with E-state index in [4.69, 9.17) is 11.6 Å². The zero-order valence-corrected chi connectivity index (χ0v) is 11.6. The minimum absolute atomic E-state index is 0.230. The zero-order valence-electron chi connectivity index (χ0n) is 10.9. The summed E-state index contributed by atoms with van der Waals surface area (Å²) in [6.45, 7) is 4.38. The van der Waals surface area contributed by atoms with Gasteiger partial charge in [0, 0.05) is 24.1 Å². The molecular formula is C13H20ClN3O. The Morgan fingerprint density at radius 2 is 2.22 bits per heavy atom. The Hall–Kier alpha value is -0.870. The first-order valence-corrected chi connectivity index (χ1v) is 6.89. The van der Waals surface area contributed by atoms with Crippen molar-refractivity contribution >= 4 is 17.4 Å². The van der Waals surface area contributed by atoms with Gasteiger partial charge in [-0.05, 0) is 18.8 Å². The van der Waals surface area contributed by atoms with Crippen LogP contribution in [-0.4, -0.2) is 27.7 Å². The van der Waals surface area contributed by atoms with Crippen molar-refractivity contribution < 1.29 is 5.11 Å². The van der Waals surface area contributed by atoms with Crippen LogP contribution in [0.5, 0.6) is 0 Å². The number of rotatable bonds is 4. The van der Waals surface area contributed by atoms with Crippen LogP contribution in [0.4, 0.5) is 5.82 Å². The molecule has 1 aromatic heterocycles. The van der Waals surface area contributed by atoms with Crippen molar-refractivity contribution in [2.24, 2.45) is 5.92 Å². The highest BCUT2D eigenvalue weighted by Gasteiger charge is 2.28. The molecule has 2 atom stereocenters. The molecule has 1 aliphatic carbocycles. The smallest absolute Gasteiger partial charge is 0.138 e. The zero-order chi connectivity index (χ0) is 13.1. The van der Waals surface area contributed by atoms with Gasteiger partial charge in [0.25, 0.3) is 0 Å². The molecule has 1 heterocycles. The lowest BCUT2D eigenvalue weighted by Crippen LogP contribution is -2.27. The van der Waals surface area contributed by atoms with E-state index >= 15 is 0 Å². The van der Waals surface area contributed by atoms with Crippen LogP contribution in [0, 0.1) is 5.92 Å². The number of halogens is 1. The van der Waals surface area contributed by atoms with Crippen LogP contribution in [0.3, 0.4) is 0 Å². The Morgan fingerprint density at radius 1 is 1.44 bits per heavy atom. The molecule has 2 N–H and O–H groups in total. The first kappa shape index (κ1) is 13.6. The van der Waals surface area contributed by atoms with Gasteiger partial charge in [0.05, 0.1) is 0 Å². The second-order valence-corrected chi connectivity index (χ2v) is 5.56. The van der Waals surface area contributed by atoms with E-state index in [-0.39, 0.29) is 12.5 Å². The Morgan fingerprint density at radius 3 is 2.89 bits per heavy atom. The minimum atomic E-state index is 0.230. The molecule has 4 nitrogen and oxygen atoms in total. The molecule has 100 valence electrons. The van der Waals surface area contributed by atoms with Crippen LogP contribution < -0.4 is 5.32 Å². The lowest BCUT2D eigenvalue weighted by Gasteiger charge is -2.22. The van der Waals surface area contributed by atoms with Crippen LogP contribution in [-0.2, 0) is 0 Å². The summed E-state index contributed by atoms with van der Waals surface area (Å²) < 4.78 is 0. The highest BCUT2D eigenvalue weighted by molar-refractivity contribution is 6.30. The number of aromatic nitrogens is 2. The van der Waals surface area contributed by atoms with Crippen molar-refractivity contribution in [2.45, 2.75) is 45.1 Å². The highest BCUT2D eigenvalue weighted by atomic mass is 35.5. The molecule has 0 spiro atoms. The summed E-state index contributed by atoms with van der Waals surface area (Å²) in [4.78, 5) is 8.34. The SMILES string of the molecule is CC(C)c1c(Cl)ncnc1NC1CCCC1CO. The van der Waals surface area contributed by atoms with Crippen molar-refractivity contribution in [1.29, 1.82) is 0 Å². The summed E-state index contributed by atoms with van der Waals surface area (Å²) >= 11 is 6.14. The predicted molar refractivity (Wildman–Crippen MR) is 73.0 cm³/mol. The van der Waals surface area contributed by atoms with Crippen molar-refractivity contribution in [3.05, 3.63) is 17.0 Å². The maximum absolute atomic E-state index is 9.35.